The minimum absolute atomic E-state index is 0.0459. The maximum Gasteiger partial charge on any atom is 0.251 e. The van der Waals surface area contributed by atoms with Gasteiger partial charge in [-0.15, -0.1) is 0 Å². The molecule has 0 spiro atoms. The number of nitrogens with zero attached hydrogens (tertiary/aromatic N) is 1. The van der Waals surface area contributed by atoms with E-state index >= 15 is 0 Å². The molecule has 1 atom stereocenters. The Labute approximate surface area is 201 Å². The number of carbonyl (C=O) groups is 2. The molecular formula is C28H36N4O2. The molecule has 1 aromatic heterocycles. The Morgan fingerprint density at radius 2 is 1.68 bits per heavy atom. The highest BCUT2D eigenvalue weighted by atomic mass is 16.2. The van der Waals surface area contributed by atoms with Gasteiger partial charge in [0.15, 0.2) is 0 Å². The summed E-state index contributed by atoms with van der Waals surface area (Å²) in [5.41, 5.74) is 3.38. The van der Waals surface area contributed by atoms with Crippen molar-refractivity contribution in [1.29, 1.82) is 0 Å². The van der Waals surface area contributed by atoms with Crippen LogP contribution in [0.5, 0.6) is 0 Å². The van der Waals surface area contributed by atoms with E-state index in [9.17, 15) is 9.59 Å². The number of benzene rings is 1. The molecule has 3 aliphatic rings. The molecule has 6 nitrogen and oxygen atoms in total. The summed E-state index contributed by atoms with van der Waals surface area (Å²) < 4.78 is 0. The van der Waals surface area contributed by atoms with E-state index in [0.717, 1.165) is 73.1 Å². The second-order valence-corrected chi connectivity index (χ2v) is 10.2. The average molecular weight is 461 g/mol. The first-order chi connectivity index (χ1) is 16.7. The molecule has 0 saturated heterocycles. The van der Waals surface area contributed by atoms with Crippen LogP contribution in [0.15, 0.2) is 42.0 Å². The predicted octanol–water partition coefficient (Wildman–Crippen LogP) is 5.89. The van der Waals surface area contributed by atoms with Gasteiger partial charge in [-0.05, 0) is 50.3 Å². The van der Waals surface area contributed by atoms with Crippen LogP contribution in [0.3, 0.4) is 0 Å². The van der Waals surface area contributed by atoms with E-state index in [1.54, 1.807) is 0 Å². The van der Waals surface area contributed by atoms with E-state index in [0.29, 0.717) is 6.04 Å². The van der Waals surface area contributed by atoms with Crippen LogP contribution in [0, 0.1) is 5.92 Å². The number of aromatic amines is 1. The van der Waals surface area contributed by atoms with E-state index in [2.05, 4.69) is 21.7 Å². The molecule has 2 saturated carbocycles. The van der Waals surface area contributed by atoms with Gasteiger partial charge >= 0.3 is 0 Å². The van der Waals surface area contributed by atoms with Crippen molar-refractivity contribution in [2.45, 2.75) is 89.0 Å². The Balaban J connectivity index is 1.20. The number of allylic oxidation sites excluding steroid dienone is 2. The number of imidazole rings is 1. The topological polar surface area (TPSA) is 86.9 Å². The molecule has 3 aliphatic carbocycles. The van der Waals surface area contributed by atoms with Crippen molar-refractivity contribution < 1.29 is 9.59 Å². The van der Waals surface area contributed by atoms with E-state index in [4.69, 9.17) is 4.98 Å². The lowest BCUT2D eigenvalue weighted by atomic mass is 9.88. The fraction of sp³-hybridized carbons (Fsp3) is 0.536. The molecule has 3 N–H and O–H groups in total. The minimum atomic E-state index is 0.0459. The third kappa shape index (κ3) is 5.43. The van der Waals surface area contributed by atoms with Crippen LogP contribution < -0.4 is 10.6 Å². The van der Waals surface area contributed by atoms with Crippen LogP contribution in [0.4, 0.5) is 5.69 Å². The maximum atomic E-state index is 12.7. The molecule has 2 aromatic rings. The van der Waals surface area contributed by atoms with Gasteiger partial charge in [0.25, 0.3) is 5.91 Å². The second-order valence-electron chi connectivity index (χ2n) is 10.2. The molecule has 1 aromatic carbocycles. The Morgan fingerprint density at radius 3 is 2.41 bits per heavy atom. The summed E-state index contributed by atoms with van der Waals surface area (Å²) in [5, 5.41) is 6.33. The SMILES string of the molecule is O=C(NC1CCCCCC1)C1=CCC(c2nc3ccc(NC(=O)C4CCCCC4)cc3[nH]2)C=C1. The van der Waals surface area contributed by atoms with Crippen molar-refractivity contribution in [3.63, 3.8) is 0 Å². The number of hydrogen-bond acceptors (Lipinski definition) is 3. The first-order valence-corrected chi connectivity index (χ1v) is 13.2. The van der Waals surface area contributed by atoms with E-state index in [1.807, 2.05) is 30.4 Å². The molecule has 34 heavy (non-hydrogen) atoms. The lowest BCUT2D eigenvalue weighted by molar-refractivity contribution is -0.120. The fourth-order valence-electron chi connectivity index (χ4n) is 5.58. The highest BCUT2D eigenvalue weighted by Gasteiger charge is 2.22. The Kier molecular flexibility index (Phi) is 7.12. The van der Waals surface area contributed by atoms with Crippen LogP contribution in [0.25, 0.3) is 11.0 Å². The second kappa shape index (κ2) is 10.6. The summed E-state index contributed by atoms with van der Waals surface area (Å²) in [5.74, 6) is 1.32. The van der Waals surface area contributed by atoms with Crippen LogP contribution in [0.2, 0.25) is 0 Å². The molecule has 2 fully saturated rings. The summed E-state index contributed by atoms with van der Waals surface area (Å²) in [6.07, 6.45) is 19.5. The smallest absolute Gasteiger partial charge is 0.251 e. The van der Waals surface area contributed by atoms with Crippen molar-refractivity contribution >= 4 is 28.5 Å². The number of fused-ring (bicyclic) bond motifs is 1. The van der Waals surface area contributed by atoms with Crippen molar-refractivity contribution in [1.82, 2.24) is 15.3 Å². The van der Waals surface area contributed by atoms with Gasteiger partial charge in [-0.2, -0.15) is 0 Å². The van der Waals surface area contributed by atoms with Gasteiger partial charge in [0.1, 0.15) is 5.82 Å². The molecular weight excluding hydrogens is 424 g/mol. The molecule has 1 unspecified atom stereocenters. The number of H-pyrrole nitrogens is 1. The monoisotopic (exact) mass is 460 g/mol. The third-order valence-electron chi connectivity index (χ3n) is 7.65. The molecule has 1 heterocycles. The van der Waals surface area contributed by atoms with E-state index < -0.39 is 0 Å². The number of anilines is 1. The lowest BCUT2D eigenvalue weighted by Gasteiger charge is -2.20. The Morgan fingerprint density at radius 1 is 0.941 bits per heavy atom. The van der Waals surface area contributed by atoms with Crippen molar-refractivity contribution in [2.75, 3.05) is 5.32 Å². The molecule has 180 valence electrons. The molecule has 2 amide bonds. The highest BCUT2D eigenvalue weighted by molar-refractivity contribution is 5.96. The van der Waals surface area contributed by atoms with Crippen molar-refractivity contribution in [3.05, 3.63) is 47.8 Å². The highest BCUT2D eigenvalue weighted by Crippen LogP contribution is 2.29. The predicted molar refractivity (Wildman–Crippen MR) is 136 cm³/mol. The lowest BCUT2D eigenvalue weighted by Crippen LogP contribution is -2.35. The van der Waals surface area contributed by atoms with Gasteiger partial charge in [-0.1, -0.05) is 63.2 Å². The van der Waals surface area contributed by atoms with Crippen LogP contribution in [-0.4, -0.2) is 27.8 Å². The van der Waals surface area contributed by atoms with Gasteiger partial charge in [0.2, 0.25) is 5.91 Å². The molecule has 0 radical (unpaired) electrons. The largest absolute Gasteiger partial charge is 0.349 e. The number of carbonyl (C=O) groups excluding carboxylic acids is 2. The number of amides is 2. The molecule has 6 heteroatoms. The molecule has 5 rings (SSSR count). The minimum Gasteiger partial charge on any atom is -0.349 e. The number of nitrogens with one attached hydrogen (secondary N) is 3. The zero-order chi connectivity index (χ0) is 23.3. The molecule has 0 bridgehead atoms. The van der Waals surface area contributed by atoms with Crippen LogP contribution in [0.1, 0.15) is 88.8 Å². The van der Waals surface area contributed by atoms with E-state index in [1.165, 1.54) is 32.1 Å². The third-order valence-corrected chi connectivity index (χ3v) is 7.65. The standard InChI is InChI=1S/C28H36N4O2/c33-27(20-8-4-3-5-9-20)30-23-16-17-24-25(18-23)32-26(31-24)19-12-14-21(15-13-19)28(34)29-22-10-6-1-2-7-11-22/h12,14-20,22H,1-11,13H2,(H,29,34)(H,30,33)(H,31,32). The maximum absolute atomic E-state index is 12.7. The van der Waals surface area contributed by atoms with Crippen molar-refractivity contribution in [2.24, 2.45) is 5.92 Å². The number of rotatable bonds is 5. The summed E-state index contributed by atoms with van der Waals surface area (Å²) in [6, 6.07) is 6.17. The normalized spacial score (nSPS) is 22.2. The van der Waals surface area contributed by atoms with Crippen molar-refractivity contribution in [3.8, 4) is 0 Å². The summed E-state index contributed by atoms with van der Waals surface area (Å²) in [7, 11) is 0. The van der Waals surface area contributed by atoms with Gasteiger partial charge in [-0.25, -0.2) is 4.98 Å². The average Bonchev–Trinajstić information content (AvgIpc) is 3.13. The number of aromatic nitrogens is 2. The van der Waals surface area contributed by atoms with Crippen LogP contribution in [-0.2, 0) is 9.59 Å². The summed E-state index contributed by atoms with van der Waals surface area (Å²) in [4.78, 5) is 33.5. The quantitative estimate of drug-likeness (QED) is 0.486. The van der Waals surface area contributed by atoms with Gasteiger partial charge in [-0.3, -0.25) is 9.59 Å². The van der Waals surface area contributed by atoms with Crippen LogP contribution >= 0.6 is 0 Å². The first-order valence-electron chi connectivity index (χ1n) is 13.2. The zero-order valence-electron chi connectivity index (χ0n) is 19.9. The Bertz CT molecular complexity index is 1090. The zero-order valence-corrected chi connectivity index (χ0v) is 19.9. The van der Waals surface area contributed by atoms with Gasteiger partial charge < -0.3 is 15.6 Å². The van der Waals surface area contributed by atoms with Gasteiger partial charge in [0, 0.05) is 29.1 Å². The number of hydrogen-bond donors (Lipinski definition) is 3. The Hall–Kier alpha value is -2.89. The first kappa shape index (κ1) is 22.9. The van der Waals surface area contributed by atoms with E-state index in [-0.39, 0.29) is 23.7 Å². The summed E-state index contributed by atoms with van der Waals surface area (Å²) >= 11 is 0. The summed E-state index contributed by atoms with van der Waals surface area (Å²) in [6.45, 7) is 0. The van der Waals surface area contributed by atoms with Gasteiger partial charge in [0.05, 0.1) is 11.0 Å². The molecule has 0 aliphatic heterocycles. The fourth-order valence-corrected chi connectivity index (χ4v) is 5.58.